The summed E-state index contributed by atoms with van der Waals surface area (Å²) in [4.78, 5) is 11.2. The number of amides is 1. The van der Waals surface area contributed by atoms with Gasteiger partial charge in [0.25, 0.3) is 0 Å². The highest BCUT2D eigenvalue weighted by atomic mass is 16.3. The van der Waals surface area contributed by atoms with Gasteiger partial charge in [0, 0.05) is 12.2 Å². The number of anilines is 3. The van der Waals surface area contributed by atoms with Crippen molar-refractivity contribution in [3.63, 3.8) is 0 Å². The SMILES string of the molecule is CC(O)CCNc1cc2c(cc1N)CC(=O)N2. The number of nitrogens with one attached hydrogen (secondary N) is 2. The molecule has 2 rings (SSSR count). The second-order valence-electron chi connectivity index (χ2n) is 4.39. The van der Waals surface area contributed by atoms with Crippen molar-refractivity contribution in [2.45, 2.75) is 25.9 Å². The van der Waals surface area contributed by atoms with E-state index in [1.807, 2.05) is 12.1 Å². The molecule has 0 saturated carbocycles. The molecule has 1 aliphatic rings. The number of benzene rings is 1. The number of hydrogen-bond acceptors (Lipinski definition) is 4. The van der Waals surface area contributed by atoms with E-state index in [-0.39, 0.29) is 12.0 Å². The highest BCUT2D eigenvalue weighted by molar-refractivity contribution is 6.00. The second kappa shape index (κ2) is 4.63. The average molecular weight is 235 g/mol. The van der Waals surface area contributed by atoms with Gasteiger partial charge in [0.2, 0.25) is 5.91 Å². The van der Waals surface area contributed by atoms with Crippen LogP contribution in [0.15, 0.2) is 12.1 Å². The van der Waals surface area contributed by atoms with Gasteiger partial charge in [-0.2, -0.15) is 0 Å². The third-order valence-corrected chi connectivity index (χ3v) is 2.78. The Morgan fingerprint density at radius 2 is 2.35 bits per heavy atom. The highest BCUT2D eigenvalue weighted by Crippen LogP contribution is 2.31. The van der Waals surface area contributed by atoms with E-state index in [1.165, 1.54) is 0 Å². The normalized spacial score (nSPS) is 15.3. The van der Waals surface area contributed by atoms with Crippen molar-refractivity contribution in [3.05, 3.63) is 17.7 Å². The summed E-state index contributed by atoms with van der Waals surface area (Å²) in [5.41, 5.74) is 9.08. The molecule has 0 fully saturated rings. The Bertz CT molecular complexity index is 444. The molecule has 0 bridgehead atoms. The van der Waals surface area contributed by atoms with Crippen LogP contribution in [0, 0.1) is 0 Å². The zero-order chi connectivity index (χ0) is 12.4. The summed E-state index contributed by atoms with van der Waals surface area (Å²) in [5.74, 6) is 0.000491. The van der Waals surface area contributed by atoms with Crippen LogP contribution in [0.3, 0.4) is 0 Å². The van der Waals surface area contributed by atoms with Crippen molar-refractivity contribution < 1.29 is 9.90 Å². The maximum absolute atomic E-state index is 11.2. The Hall–Kier alpha value is -1.75. The number of carbonyl (C=O) groups excluding carboxylic acids is 1. The van der Waals surface area contributed by atoms with Gasteiger partial charge < -0.3 is 21.5 Å². The molecule has 0 aromatic heterocycles. The maximum atomic E-state index is 11.2. The van der Waals surface area contributed by atoms with Crippen LogP contribution < -0.4 is 16.4 Å². The molecule has 5 nitrogen and oxygen atoms in total. The van der Waals surface area contributed by atoms with E-state index in [9.17, 15) is 4.79 Å². The molecular formula is C12H17N3O2. The summed E-state index contributed by atoms with van der Waals surface area (Å²) < 4.78 is 0. The molecule has 1 amide bonds. The van der Waals surface area contributed by atoms with Crippen LogP contribution in [-0.4, -0.2) is 23.7 Å². The van der Waals surface area contributed by atoms with E-state index in [0.29, 0.717) is 25.1 Å². The second-order valence-corrected chi connectivity index (χ2v) is 4.39. The summed E-state index contributed by atoms with van der Waals surface area (Å²) in [5, 5.41) is 15.1. The first-order valence-electron chi connectivity index (χ1n) is 5.70. The molecule has 1 aromatic carbocycles. The largest absolute Gasteiger partial charge is 0.397 e. The molecule has 0 saturated heterocycles. The van der Waals surface area contributed by atoms with Crippen molar-refractivity contribution in [1.82, 2.24) is 0 Å². The predicted octanol–water partition coefficient (Wildman–Crippen LogP) is 0.946. The van der Waals surface area contributed by atoms with Gasteiger partial charge in [-0.25, -0.2) is 0 Å². The van der Waals surface area contributed by atoms with E-state index in [0.717, 1.165) is 16.9 Å². The Kier molecular flexibility index (Phi) is 3.19. The van der Waals surface area contributed by atoms with E-state index in [2.05, 4.69) is 10.6 Å². The molecule has 5 N–H and O–H groups in total. The van der Waals surface area contributed by atoms with Crippen LogP contribution in [0.5, 0.6) is 0 Å². The van der Waals surface area contributed by atoms with E-state index in [1.54, 1.807) is 6.92 Å². The van der Waals surface area contributed by atoms with Gasteiger partial charge >= 0.3 is 0 Å². The fourth-order valence-corrected chi connectivity index (χ4v) is 1.86. The number of nitrogens with two attached hydrogens (primary N) is 1. The van der Waals surface area contributed by atoms with E-state index >= 15 is 0 Å². The van der Waals surface area contributed by atoms with Crippen molar-refractivity contribution in [3.8, 4) is 0 Å². The van der Waals surface area contributed by atoms with Crippen molar-refractivity contribution in [1.29, 1.82) is 0 Å². The Labute approximate surface area is 100 Å². The summed E-state index contributed by atoms with van der Waals surface area (Å²) >= 11 is 0. The maximum Gasteiger partial charge on any atom is 0.228 e. The standard InChI is InChI=1S/C12H17N3O2/c1-7(16)2-3-14-11-6-10-8(4-9(11)13)5-12(17)15-10/h4,6-7,14,16H,2-3,5,13H2,1H3,(H,15,17). The van der Waals surface area contributed by atoms with Crippen LogP contribution >= 0.6 is 0 Å². The zero-order valence-electron chi connectivity index (χ0n) is 9.79. The summed E-state index contributed by atoms with van der Waals surface area (Å²) in [6.07, 6.45) is 0.717. The average Bonchev–Trinajstić information content (AvgIpc) is 2.57. The number of rotatable bonds is 4. The molecule has 5 heteroatoms. The monoisotopic (exact) mass is 235 g/mol. The molecule has 0 spiro atoms. The van der Waals surface area contributed by atoms with Crippen molar-refractivity contribution in [2.24, 2.45) is 0 Å². The third-order valence-electron chi connectivity index (χ3n) is 2.78. The van der Waals surface area contributed by atoms with Crippen molar-refractivity contribution in [2.75, 3.05) is 22.9 Å². The number of fused-ring (bicyclic) bond motifs is 1. The van der Waals surface area contributed by atoms with E-state index < -0.39 is 0 Å². The Balaban J connectivity index is 2.08. The van der Waals surface area contributed by atoms with Gasteiger partial charge in [-0.05, 0) is 31.0 Å². The topological polar surface area (TPSA) is 87.4 Å². The predicted molar refractivity (Wildman–Crippen MR) is 68.0 cm³/mol. The summed E-state index contributed by atoms with van der Waals surface area (Å²) in [6, 6.07) is 3.66. The number of aliphatic hydroxyl groups is 1. The van der Waals surface area contributed by atoms with Gasteiger partial charge in [-0.1, -0.05) is 0 Å². The molecule has 1 atom stereocenters. The number of carbonyl (C=O) groups is 1. The highest BCUT2D eigenvalue weighted by Gasteiger charge is 2.19. The minimum absolute atomic E-state index is 0.000491. The Morgan fingerprint density at radius 1 is 1.59 bits per heavy atom. The van der Waals surface area contributed by atoms with Crippen molar-refractivity contribution >= 4 is 23.0 Å². The smallest absolute Gasteiger partial charge is 0.228 e. The summed E-state index contributed by atoms with van der Waals surface area (Å²) in [7, 11) is 0. The molecule has 1 aliphatic heterocycles. The van der Waals surface area contributed by atoms with Crippen LogP contribution in [0.25, 0.3) is 0 Å². The van der Waals surface area contributed by atoms with E-state index in [4.69, 9.17) is 10.8 Å². The van der Waals surface area contributed by atoms with Crippen LogP contribution in [0.2, 0.25) is 0 Å². The molecule has 92 valence electrons. The fourth-order valence-electron chi connectivity index (χ4n) is 1.86. The van der Waals surface area contributed by atoms with Crippen LogP contribution in [0.4, 0.5) is 17.1 Å². The van der Waals surface area contributed by atoms with Gasteiger partial charge in [0.1, 0.15) is 0 Å². The molecule has 17 heavy (non-hydrogen) atoms. The first-order valence-corrected chi connectivity index (χ1v) is 5.70. The Morgan fingerprint density at radius 3 is 3.06 bits per heavy atom. The van der Waals surface area contributed by atoms with Gasteiger partial charge in [-0.3, -0.25) is 4.79 Å². The number of aliphatic hydroxyl groups excluding tert-OH is 1. The van der Waals surface area contributed by atoms with Gasteiger partial charge in [0.15, 0.2) is 0 Å². The van der Waals surface area contributed by atoms with Gasteiger partial charge in [-0.15, -0.1) is 0 Å². The fraction of sp³-hybridized carbons (Fsp3) is 0.417. The lowest BCUT2D eigenvalue weighted by molar-refractivity contribution is -0.115. The third kappa shape index (κ3) is 2.68. The lowest BCUT2D eigenvalue weighted by Gasteiger charge is -2.12. The first-order chi connectivity index (χ1) is 8.06. The molecular weight excluding hydrogens is 218 g/mol. The molecule has 1 heterocycles. The summed E-state index contributed by atoms with van der Waals surface area (Å²) in [6.45, 7) is 2.39. The van der Waals surface area contributed by atoms with Crippen LogP contribution in [0.1, 0.15) is 18.9 Å². The number of nitrogen functional groups attached to an aromatic ring is 1. The first kappa shape index (κ1) is 11.7. The quantitative estimate of drug-likeness (QED) is 0.585. The van der Waals surface area contributed by atoms with Gasteiger partial charge in [0.05, 0.1) is 23.9 Å². The minimum Gasteiger partial charge on any atom is -0.397 e. The molecule has 1 unspecified atom stereocenters. The molecule has 0 aliphatic carbocycles. The molecule has 0 radical (unpaired) electrons. The lowest BCUT2D eigenvalue weighted by Crippen LogP contribution is -2.11. The lowest BCUT2D eigenvalue weighted by atomic mass is 10.1. The zero-order valence-corrected chi connectivity index (χ0v) is 9.79. The minimum atomic E-state index is -0.335. The number of hydrogen-bond donors (Lipinski definition) is 4. The van der Waals surface area contributed by atoms with Crippen LogP contribution in [-0.2, 0) is 11.2 Å². The molecule has 1 aromatic rings.